The highest BCUT2D eigenvalue weighted by molar-refractivity contribution is 9.10. The van der Waals surface area contributed by atoms with Crippen molar-refractivity contribution in [2.75, 3.05) is 11.6 Å². The maximum atomic E-state index is 8.77. The molecule has 1 aliphatic heterocycles. The Kier molecular flexibility index (Phi) is 3.32. The van der Waals surface area contributed by atoms with Gasteiger partial charge in [0.2, 0.25) is 5.96 Å². The van der Waals surface area contributed by atoms with Crippen molar-refractivity contribution >= 4 is 39.2 Å². The number of hydrogen-bond acceptors (Lipinski definition) is 3. The number of halogens is 2. The lowest BCUT2D eigenvalue weighted by Crippen LogP contribution is -2.32. The third-order valence-corrected chi connectivity index (χ3v) is 4.73. The van der Waals surface area contributed by atoms with Gasteiger partial charge in [0.25, 0.3) is 0 Å². The number of nitrogens with zero attached hydrogens (tertiary/aromatic N) is 2. The van der Waals surface area contributed by atoms with Gasteiger partial charge in [0, 0.05) is 16.9 Å². The van der Waals surface area contributed by atoms with E-state index in [-0.39, 0.29) is 5.96 Å². The molecule has 19 heavy (non-hydrogen) atoms. The molecule has 1 atom stereocenters. The predicted molar refractivity (Wildman–Crippen MR) is 78.7 cm³/mol. The maximum Gasteiger partial charge on any atom is 0.235 e. The molecule has 0 radical (unpaired) electrons. The molecule has 4 N–H and O–H groups in total. The number of hydrogen-bond donors (Lipinski definition) is 3. The molecule has 2 aliphatic rings. The van der Waals surface area contributed by atoms with Crippen molar-refractivity contribution in [3.63, 3.8) is 0 Å². The lowest BCUT2D eigenvalue weighted by molar-refractivity contribution is 0.232. The van der Waals surface area contributed by atoms with Gasteiger partial charge in [-0.1, -0.05) is 27.5 Å². The normalized spacial score (nSPS) is 21.5. The van der Waals surface area contributed by atoms with E-state index in [1.54, 1.807) is 5.01 Å². The molecule has 0 bridgehead atoms. The van der Waals surface area contributed by atoms with Crippen LogP contribution in [0.2, 0.25) is 5.02 Å². The summed E-state index contributed by atoms with van der Waals surface area (Å²) in [4.78, 5) is 0. The van der Waals surface area contributed by atoms with Crippen LogP contribution in [0.3, 0.4) is 0 Å². The van der Waals surface area contributed by atoms with E-state index >= 15 is 0 Å². The van der Waals surface area contributed by atoms with Crippen molar-refractivity contribution in [3.8, 4) is 0 Å². The summed E-state index contributed by atoms with van der Waals surface area (Å²) in [5.41, 5.74) is 10.9. The van der Waals surface area contributed by atoms with Gasteiger partial charge < -0.3 is 5.73 Å². The lowest BCUT2D eigenvalue weighted by Gasteiger charge is -2.21. The highest BCUT2D eigenvalue weighted by atomic mass is 79.9. The predicted octanol–water partition coefficient (Wildman–Crippen LogP) is 2.55. The minimum atomic E-state index is -0.0358. The van der Waals surface area contributed by atoms with Gasteiger partial charge in [-0.15, -0.1) is 5.10 Å². The van der Waals surface area contributed by atoms with Crippen LogP contribution in [0.15, 0.2) is 15.6 Å². The van der Waals surface area contributed by atoms with E-state index < -0.39 is 0 Å². The van der Waals surface area contributed by atoms with Crippen LogP contribution in [-0.2, 0) is 6.42 Å². The first kappa shape index (κ1) is 13.0. The molecule has 5 nitrogen and oxygen atoms in total. The molecular formula is C12H14BrClN4O. The average molecular weight is 346 g/mol. The first-order chi connectivity index (χ1) is 9.11. The van der Waals surface area contributed by atoms with Gasteiger partial charge in [-0.25, -0.2) is 5.48 Å². The first-order valence-corrected chi connectivity index (χ1v) is 7.31. The molecule has 0 saturated carbocycles. The fraction of sp³-hybridized carbons (Fsp3) is 0.417. The zero-order chi connectivity index (χ0) is 13.6. The van der Waals surface area contributed by atoms with Crippen LogP contribution in [0, 0.1) is 0 Å². The Balaban J connectivity index is 2.14. The summed E-state index contributed by atoms with van der Waals surface area (Å²) in [6.07, 6.45) is 3.36. The number of nitrogens with two attached hydrogens (primary N) is 1. The standard InChI is InChI=1S/C12H14BrClN4O/c13-8-4-9(14)11-10-6(2-1-3-7(8)10)5-18(11)16-12(15)17-19/h4,6,19H,1-3,5H2,(H3,15,16,17). The summed E-state index contributed by atoms with van der Waals surface area (Å²) in [7, 11) is 0. The molecule has 1 unspecified atom stereocenters. The van der Waals surface area contributed by atoms with E-state index in [9.17, 15) is 0 Å². The molecule has 1 aromatic rings. The topological polar surface area (TPSA) is 73.9 Å². The van der Waals surface area contributed by atoms with Gasteiger partial charge in [-0.2, -0.15) is 0 Å². The number of benzene rings is 1. The highest BCUT2D eigenvalue weighted by Crippen LogP contribution is 2.50. The minimum Gasteiger partial charge on any atom is -0.367 e. The number of anilines is 1. The summed E-state index contributed by atoms with van der Waals surface area (Å²) >= 11 is 9.94. The summed E-state index contributed by atoms with van der Waals surface area (Å²) < 4.78 is 1.07. The summed E-state index contributed by atoms with van der Waals surface area (Å²) in [6, 6.07) is 1.91. The lowest BCUT2D eigenvalue weighted by atomic mass is 9.84. The van der Waals surface area contributed by atoms with Crippen molar-refractivity contribution in [1.82, 2.24) is 5.48 Å². The quantitative estimate of drug-likeness (QED) is 0.415. The second kappa shape index (κ2) is 4.85. The molecule has 0 saturated heterocycles. The van der Waals surface area contributed by atoms with E-state index in [0.29, 0.717) is 10.9 Å². The smallest absolute Gasteiger partial charge is 0.235 e. The molecule has 0 spiro atoms. The SMILES string of the molecule is NC(=NN1CC2CCCc3c(Br)cc(Cl)c1c32)NO. The third kappa shape index (κ3) is 2.07. The third-order valence-electron chi connectivity index (χ3n) is 3.73. The molecular weight excluding hydrogens is 332 g/mol. The van der Waals surface area contributed by atoms with Gasteiger partial charge in [0.15, 0.2) is 0 Å². The molecule has 1 aromatic carbocycles. The number of hydroxylamine groups is 1. The van der Waals surface area contributed by atoms with E-state index in [2.05, 4.69) is 21.0 Å². The molecule has 7 heteroatoms. The van der Waals surface area contributed by atoms with E-state index in [1.807, 2.05) is 11.5 Å². The van der Waals surface area contributed by atoms with Crippen LogP contribution in [0.1, 0.15) is 29.9 Å². The van der Waals surface area contributed by atoms with Crippen LogP contribution >= 0.6 is 27.5 Å². The maximum absolute atomic E-state index is 8.77. The van der Waals surface area contributed by atoms with Crippen molar-refractivity contribution in [2.45, 2.75) is 25.2 Å². The van der Waals surface area contributed by atoms with Crippen molar-refractivity contribution in [2.24, 2.45) is 10.8 Å². The monoisotopic (exact) mass is 344 g/mol. The van der Waals surface area contributed by atoms with Crippen LogP contribution in [0.5, 0.6) is 0 Å². The van der Waals surface area contributed by atoms with Gasteiger partial charge >= 0.3 is 0 Å². The Labute approximate surface area is 124 Å². The minimum absolute atomic E-state index is 0.0358. The van der Waals surface area contributed by atoms with Crippen molar-refractivity contribution in [1.29, 1.82) is 0 Å². The van der Waals surface area contributed by atoms with E-state index in [0.717, 1.165) is 29.5 Å². The second-order valence-electron chi connectivity index (χ2n) is 4.85. The fourth-order valence-corrected chi connectivity index (χ4v) is 4.10. The number of guanidine groups is 1. The van der Waals surface area contributed by atoms with Crippen LogP contribution in [0.25, 0.3) is 0 Å². The molecule has 3 rings (SSSR count). The summed E-state index contributed by atoms with van der Waals surface area (Å²) in [5, 5.41) is 15.4. The zero-order valence-electron chi connectivity index (χ0n) is 10.2. The largest absolute Gasteiger partial charge is 0.367 e. The second-order valence-corrected chi connectivity index (χ2v) is 6.11. The molecule has 0 aromatic heterocycles. The first-order valence-electron chi connectivity index (χ1n) is 6.14. The molecule has 1 heterocycles. The Hall–Kier alpha value is -0.980. The van der Waals surface area contributed by atoms with Gasteiger partial charge in [0.05, 0.1) is 10.7 Å². The molecule has 0 amide bonds. The number of hydrazone groups is 1. The highest BCUT2D eigenvalue weighted by Gasteiger charge is 2.36. The molecule has 0 fully saturated rings. The summed E-state index contributed by atoms with van der Waals surface area (Å²) in [5.74, 6) is 0.398. The van der Waals surface area contributed by atoms with Crippen molar-refractivity contribution in [3.05, 3.63) is 26.7 Å². The Morgan fingerprint density at radius 2 is 2.42 bits per heavy atom. The number of rotatable bonds is 1. The fourth-order valence-electron chi connectivity index (χ4n) is 3.02. The van der Waals surface area contributed by atoms with Gasteiger partial charge in [-0.3, -0.25) is 10.2 Å². The Morgan fingerprint density at radius 1 is 1.63 bits per heavy atom. The molecule has 1 aliphatic carbocycles. The Morgan fingerprint density at radius 3 is 3.16 bits per heavy atom. The number of nitrogens with one attached hydrogen (secondary N) is 1. The van der Waals surface area contributed by atoms with Gasteiger partial charge in [0.1, 0.15) is 0 Å². The zero-order valence-corrected chi connectivity index (χ0v) is 12.5. The summed E-state index contributed by atoms with van der Waals surface area (Å²) in [6.45, 7) is 0.751. The van der Waals surface area contributed by atoms with Gasteiger partial charge in [-0.05, 0) is 36.5 Å². The van der Waals surface area contributed by atoms with Crippen molar-refractivity contribution < 1.29 is 5.21 Å². The van der Waals surface area contributed by atoms with E-state index in [1.165, 1.54) is 17.5 Å². The average Bonchev–Trinajstić information content (AvgIpc) is 2.75. The van der Waals surface area contributed by atoms with Crippen LogP contribution < -0.4 is 16.2 Å². The molecule has 102 valence electrons. The van der Waals surface area contributed by atoms with Crippen LogP contribution in [0.4, 0.5) is 5.69 Å². The van der Waals surface area contributed by atoms with Crippen LogP contribution in [-0.4, -0.2) is 17.7 Å². The van der Waals surface area contributed by atoms with E-state index in [4.69, 9.17) is 22.5 Å². The Bertz CT molecular complexity index is 563.